The highest BCUT2D eigenvalue weighted by Crippen LogP contribution is 2.31. The van der Waals surface area contributed by atoms with Gasteiger partial charge >= 0.3 is 0 Å². The van der Waals surface area contributed by atoms with E-state index in [0.717, 1.165) is 19.8 Å². The summed E-state index contributed by atoms with van der Waals surface area (Å²) in [7, 11) is 0. The fourth-order valence-corrected chi connectivity index (χ4v) is 3.10. The minimum atomic E-state index is 0.0327. The van der Waals surface area contributed by atoms with Crippen LogP contribution in [-0.4, -0.2) is 36.7 Å². The molecular weight excluding hydrogens is 260 g/mol. The monoisotopic (exact) mass is 290 g/mol. The number of rotatable bonds is 3. The molecule has 21 heavy (non-hydrogen) atoms. The number of nitrogens with two attached hydrogens (primary N) is 1. The van der Waals surface area contributed by atoms with Crippen molar-refractivity contribution < 1.29 is 4.74 Å². The Hall–Kier alpha value is -0.900. The van der Waals surface area contributed by atoms with Gasteiger partial charge in [-0.25, -0.2) is 0 Å². The first kappa shape index (κ1) is 16.5. The molecular formula is C18H30N2O. The molecule has 2 rings (SSSR count). The maximum Gasteiger partial charge on any atom is 0.0645 e. The summed E-state index contributed by atoms with van der Waals surface area (Å²) < 4.78 is 5.63. The molecule has 1 fully saturated rings. The van der Waals surface area contributed by atoms with E-state index in [9.17, 15) is 0 Å². The van der Waals surface area contributed by atoms with E-state index in [2.05, 4.69) is 63.8 Å². The predicted octanol–water partition coefficient (Wildman–Crippen LogP) is 3.09. The fraction of sp³-hybridized carbons (Fsp3) is 0.667. The maximum absolute atomic E-state index is 6.10. The van der Waals surface area contributed by atoms with Gasteiger partial charge in [-0.2, -0.15) is 0 Å². The maximum atomic E-state index is 6.10. The van der Waals surface area contributed by atoms with Crippen LogP contribution in [0.25, 0.3) is 0 Å². The first-order valence-corrected chi connectivity index (χ1v) is 7.91. The fourth-order valence-electron chi connectivity index (χ4n) is 3.10. The Kier molecular flexibility index (Phi) is 4.76. The van der Waals surface area contributed by atoms with Gasteiger partial charge in [0.15, 0.2) is 0 Å². The summed E-state index contributed by atoms with van der Waals surface area (Å²) in [5, 5.41) is 0. The van der Waals surface area contributed by atoms with Gasteiger partial charge in [-0.1, -0.05) is 45.0 Å². The molecule has 0 spiro atoms. The molecule has 0 radical (unpaired) electrons. The highest BCUT2D eigenvalue weighted by atomic mass is 16.5. The minimum absolute atomic E-state index is 0.0327. The van der Waals surface area contributed by atoms with Gasteiger partial charge < -0.3 is 10.5 Å². The quantitative estimate of drug-likeness (QED) is 0.929. The van der Waals surface area contributed by atoms with Crippen molar-refractivity contribution in [3.8, 4) is 0 Å². The third-order valence-corrected chi connectivity index (χ3v) is 4.47. The number of benzene rings is 1. The van der Waals surface area contributed by atoms with Gasteiger partial charge in [0.1, 0.15) is 0 Å². The van der Waals surface area contributed by atoms with Gasteiger partial charge in [0, 0.05) is 24.7 Å². The average molecular weight is 290 g/mol. The van der Waals surface area contributed by atoms with Crippen LogP contribution in [0.5, 0.6) is 0 Å². The van der Waals surface area contributed by atoms with E-state index in [1.807, 2.05) is 0 Å². The molecule has 0 aliphatic carbocycles. The van der Waals surface area contributed by atoms with Gasteiger partial charge in [0.05, 0.1) is 13.2 Å². The minimum Gasteiger partial charge on any atom is -0.378 e. The van der Waals surface area contributed by atoms with Crippen LogP contribution in [0.4, 0.5) is 0 Å². The third kappa shape index (κ3) is 3.65. The standard InChI is InChI=1S/C18H30N2O/c1-17(2,3)15-8-6-14(7-9-15)16(12-19)20-10-11-21-13-18(20,4)5/h6-9,16H,10-13,19H2,1-5H3. The second kappa shape index (κ2) is 6.07. The SMILES string of the molecule is CC(C)(C)c1ccc(C(CN)N2CCOCC2(C)C)cc1. The Bertz CT molecular complexity index is 459. The van der Waals surface area contributed by atoms with Gasteiger partial charge in [0.2, 0.25) is 0 Å². The summed E-state index contributed by atoms with van der Waals surface area (Å²) >= 11 is 0. The Balaban J connectivity index is 2.25. The van der Waals surface area contributed by atoms with Gasteiger partial charge in [0.25, 0.3) is 0 Å². The van der Waals surface area contributed by atoms with E-state index >= 15 is 0 Å². The Morgan fingerprint density at radius 1 is 1.24 bits per heavy atom. The van der Waals surface area contributed by atoms with Gasteiger partial charge in [-0.05, 0) is 30.4 Å². The van der Waals surface area contributed by atoms with Crippen LogP contribution in [0.3, 0.4) is 0 Å². The third-order valence-electron chi connectivity index (χ3n) is 4.47. The molecule has 1 aliphatic heterocycles. The molecule has 1 aliphatic rings. The van der Waals surface area contributed by atoms with E-state index < -0.39 is 0 Å². The molecule has 0 aromatic heterocycles. The van der Waals surface area contributed by atoms with Gasteiger partial charge in [-0.15, -0.1) is 0 Å². The van der Waals surface area contributed by atoms with Crippen LogP contribution < -0.4 is 5.73 Å². The predicted molar refractivity (Wildman–Crippen MR) is 88.5 cm³/mol. The average Bonchev–Trinajstić information content (AvgIpc) is 2.41. The van der Waals surface area contributed by atoms with Crippen LogP contribution in [-0.2, 0) is 10.2 Å². The molecule has 1 saturated heterocycles. The van der Waals surface area contributed by atoms with Crippen LogP contribution in [0.2, 0.25) is 0 Å². The van der Waals surface area contributed by atoms with Crippen LogP contribution in [0.15, 0.2) is 24.3 Å². The van der Waals surface area contributed by atoms with Crippen LogP contribution in [0, 0.1) is 0 Å². The van der Waals surface area contributed by atoms with E-state index in [1.165, 1.54) is 11.1 Å². The molecule has 1 aromatic carbocycles. The molecule has 118 valence electrons. The van der Waals surface area contributed by atoms with Crippen molar-refractivity contribution in [1.29, 1.82) is 0 Å². The summed E-state index contributed by atoms with van der Waals surface area (Å²) in [6.45, 7) is 14.3. The van der Waals surface area contributed by atoms with Crippen molar-refractivity contribution in [3.63, 3.8) is 0 Å². The molecule has 3 nitrogen and oxygen atoms in total. The van der Waals surface area contributed by atoms with Crippen molar-refractivity contribution in [3.05, 3.63) is 35.4 Å². The summed E-state index contributed by atoms with van der Waals surface area (Å²) in [4.78, 5) is 2.49. The molecule has 0 amide bonds. The molecule has 1 aromatic rings. The number of morpholine rings is 1. The van der Waals surface area contributed by atoms with Gasteiger partial charge in [-0.3, -0.25) is 4.90 Å². The van der Waals surface area contributed by atoms with Crippen molar-refractivity contribution >= 4 is 0 Å². The highest BCUT2D eigenvalue weighted by molar-refractivity contribution is 5.29. The van der Waals surface area contributed by atoms with E-state index in [-0.39, 0.29) is 17.0 Å². The molecule has 1 heterocycles. The van der Waals surface area contributed by atoms with Crippen molar-refractivity contribution in [2.45, 2.75) is 51.6 Å². The molecule has 1 unspecified atom stereocenters. The summed E-state index contributed by atoms with van der Waals surface area (Å²) in [6.07, 6.45) is 0. The number of nitrogens with zero attached hydrogens (tertiary/aromatic N) is 1. The summed E-state index contributed by atoms with van der Waals surface area (Å²) in [5.74, 6) is 0. The zero-order valence-electron chi connectivity index (χ0n) is 14.1. The smallest absolute Gasteiger partial charge is 0.0645 e. The Morgan fingerprint density at radius 2 is 1.86 bits per heavy atom. The summed E-state index contributed by atoms with van der Waals surface area (Å²) in [6, 6.07) is 9.22. The zero-order chi connectivity index (χ0) is 15.7. The lowest BCUT2D eigenvalue weighted by atomic mass is 9.86. The van der Waals surface area contributed by atoms with E-state index in [4.69, 9.17) is 10.5 Å². The number of ether oxygens (including phenoxy) is 1. The summed E-state index contributed by atoms with van der Waals surface area (Å²) in [5.41, 5.74) is 8.99. The molecule has 3 heteroatoms. The Labute approximate surface area is 129 Å². The first-order valence-electron chi connectivity index (χ1n) is 7.91. The lowest BCUT2D eigenvalue weighted by Crippen LogP contribution is -2.55. The second-order valence-corrected chi connectivity index (χ2v) is 7.68. The number of hydrogen-bond acceptors (Lipinski definition) is 3. The van der Waals surface area contributed by atoms with Crippen molar-refractivity contribution in [2.24, 2.45) is 5.73 Å². The van der Waals surface area contributed by atoms with E-state index in [1.54, 1.807) is 0 Å². The topological polar surface area (TPSA) is 38.5 Å². The first-order chi connectivity index (χ1) is 9.75. The number of hydrogen-bond donors (Lipinski definition) is 1. The van der Waals surface area contributed by atoms with E-state index in [0.29, 0.717) is 6.54 Å². The highest BCUT2D eigenvalue weighted by Gasteiger charge is 2.35. The second-order valence-electron chi connectivity index (χ2n) is 7.68. The van der Waals surface area contributed by atoms with Crippen LogP contribution in [0.1, 0.15) is 51.8 Å². The zero-order valence-corrected chi connectivity index (χ0v) is 14.1. The Morgan fingerprint density at radius 3 is 2.33 bits per heavy atom. The molecule has 0 saturated carbocycles. The molecule has 0 bridgehead atoms. The lowest BCUT2D eigenvalue weighted by molar-refractivity contribution is -0.0712. The molecule has 2 N–H and O–H groups in total. The largest absolute Gasteiger partial charge is 0.378 e. The molecule has 1 atom stereocenters. The van der Waals surface area contributed by atoms with Crippen molar-refractivity contribution in [1.82, 2.24) is 4.90 Å². The lowest BCUT2D eigenvalue weighted by Gasteiger charge is -2.46. The van der Waals surface area contributed by atoms with Crippen LogP contribution >= 0.6 is 0 Å². The van der Waals surface area contributed by atoms with Crippen molar-refractivity contribution in [2.75, 3.05) is 26.3 Å². The normalized spacial score (nSPS) is 21.2.